The summed E-state index contributed by atoms with van der Waals surface area (Å²) in [6.07, 6.45) is 1.79. The molecule has 22 heavy (non-hydrogen) atoms. The fourth-order valence-electron chi connectivity index (χ4n) is 3.04. The van der Waals surface area contributed by atoms with Crippen molar-refractivity contribution in [2.45, 2.75) is 20.5 Å². The highest BCUT2D eigenvalue weighted by Gasteiger charge is 2.22. The van der Waals surface area contributed by atoms with Crippen molar-refractivity contribution in [3.8, 4) is 0 Å². The maximum atomic E-state index is 5.37. The quantitative estimate of drug-likeness (QED) is 0.854. The van der Waals surface area contributed by atoms with Gasteiger partial charge in [-0.2, -0.15) is 9.78 Å². The molecule has 0 amide bonds. The van der Waals surface area contributed by atoms with Crippen LogP contribution in [0, 0.1) is 18.6 Å². The molecule has 5 nitrogen and oxygen atoms in total. The first kappa shape index (κ1) is 15.2. The largest absolute Gasteiger partial charge is 0.360 e. The third-order valence-corrected chi connectivity index (χ3v) is 5.15. The zero-order chi connectivity index (χ0) is 15.7. The maximum absolute atomic E-state index is 5.37. The van der Waals surface area contributed by atoms with Gasteiger partial charge < -0.3 is 14.4 Å². The molecule has 1 saturated heterocycles. The Morgan fingerprint density at radius 3 is 2.59 bits per heavy atom. The second-order valence-corrected chi connectivity index (χ2v) is 6.50. The van der Waals surface area contributed by atoms with Gasteiger partial charge in [-0.05, 0) is 43.3 Å². The van der Waals surface area contributed by atoms with Crippen LogP contribution in [-0.4, -0.2) is 40.5 Å². The summed E-state index contributed by atoms with van der Waals surface area (Å²) >= 11 is 5.37. The highest BCUT2D eigenvalue weighted by molar-refractivity contribution is 7.71. The molecule has 0 atom stereocenters. The topological polar surface area (TPSA) is 30.4 Å². The van der Waals surface area contributed by atoms with Crippen LogP contribution in [0.5, 0.6) is 0 Å². The number of hydrogen-bond acceptors (Lipinski definition) is 3. The third-order valence-electron chi connectivity index (χ3n) is 4.65. The predicted molar refractivity (Wildman–Crippen MR) is 90.9 cm³/mol. The molecule has 0 bridgehead atoms. The van der Waals surface area contributed by atoms with Crippen molar-refractivity contribution < 1.29 is 4.90 Å². The second kappa shape index (κ2) is 6.22. The molecule has 1 aliphatic heterocycles. The van der Waals surface area contributed by atoms with E-state index in [1.807, 2.05) is 16.3 Å². The fourth-order valence-corrected chi connectivity index (χ4v) is 3.20. The van der Waals surface area contributed by atoms with Gasteiger partial charge in [-0.1, -0.05) is 12.1 Å². The Kier molecular flexibility index (Phi) is 4.31. The van der Waals surface area contributed by atoms with Gasteiger partial charge in [0.15, 0.2) is 6.67 Å². The molecule has 3 rings (SSSR count). The van der Waals surface area contributed by atoms with Crippen molar-refractivity contribution >= 4 is 17.9 Å². The van der Waals surface area contributed by atoms with Gasteiger partial charge in [0.25, 0.3) is 0 Å². The molecule has 0 unspecified atom stereocenters. The van der Waals surface area contributed by atoms with Gasteiger partial charge in [0.2, 0.25) is 4.77 Å². The lowest BCUT2D eigenvalue weighted by Gasteiger charge is -2.34. The minimum absolute atomic E-state index is 0.796. The van der Waals surface area contributed by atoms with Crippen molar-refractivity contribution in [3.05, 3.63) is 40.4 Å². The predicted octanol–water partition coefficient (Wildman–Crippen LogP) is 0.931. The van der Waals surface area contributed by atoms with Crippen LogP contribution in [0.25, 0.3) is 0 Å². The first-order chi connectivity index (χ1) is 10.6. The monoisotopic (exact) mass is 318 g/mol. The molecule has 0 spiro atoms. The highest BCUT2D eigenvalue weighted by atomic mass is 32.1. The van der Waals surface area contributed by atoms with E-state index in [0.717, 1.165) is 37.6 Å². The summed E-state index contributed by atoms with van der Waals surface area (Å²) in [7, 11) is 1.94. The molecule has 2 heterocycles. The number of aryl methyl sites for hydroxylation is 2. The number of benzene rings is 1. The van der Waals surface area contributed by atoms with E-state index >= 15 is 0 Å². The van der Waals surface area contributed by atoms with Crippen molar-refractivity contribution in [1.29, 1.82) is 0 Å². The van der Waals surface area contributed by atoms with E-state index in [-0.39, 0.29) is 0 Å². The summed E-state index contributed by atoms with van der Waals surface area (Å²) in [5.41, 5.74) is 4.15. The first-order valence-electron chi connectivity index (χ1n) is 7.79. The van der Waals surface area contributed by atoms with E-state index in [1.165, 1.54) is 21.7 Å². The van der Waals surface area contributed by atoms with E-state index in [9.17, 15) is 0 Å². The molecule has 0 aliphatic carbocycles. The SMILES string of the molecule is Cc1cccc(N2CC[NH+](Cn3ncn(C)c3=S)CC2)c1C. The van der Waals surface area contributed by atoms with Gasteiger partial charge in [0, 0.05) is 12.7 Å². The average molecular weight is 318 g/mol. The lowest BCUT2D eigenvalue weighted by molar-refractivity contribution is -0.924. The molecule has 0 saturated carbocycles. The molecular weight excluding hydrogens is 294 g/mol. The minimum atomic E-state index is 0.796. The number of nitrogens with one attached hydrogen (secondary N) is 1. The zero-order valence-electron chi connectivity index (χ0n) is 13.5. The summed E-state index contributed by atoms with van der Waals surface area (Å²) in [5, 5.41) is 4.35. The van der Waals surface area contributed by atoms with Crippen LogP contribution in [-0.2, 0) is 13.7 Å². The summed E-state index contributed by atoms with van der Waals surface area (Å²) < 4.78 is 4.61. The Morgan fingerprint density at radius 1 is 1.23 bits per heavy atom. The van der Waals surface area contributed by atoms with Crippen LogP contribution in [0.4, 0.5) is 5.69 Å². The van der Waals surface area contributed by atoms with E-state index in [2.05, 4.69) is 42.0 Å². The van der Waals surface area contributed by atoms with E-state index < -0.39 is 0 Å². The summed E-state index contributed by atoms with van der Waals surface area (Å²) in [6.45, 7) is 9.66. The Labute approximate surface area is 136 Å². The number of piperazine rings is 1. The van der Waals surface area contributed by atoms with E-state index in [1.54, 1.807) is 6.33 Å². The normalized spacial score (nSPS) is 16.2. The highest BCUT2D eigenvalue weighted by Crippen LogP contribution is 2.22. The standard InChI is InChI=1S/C16H23N5S/c1-13-5-4-6-15(14(13)2)20-9-7-19(8-10-20)12-21-16(22)18(3)11-17-21/h4-6,11H,7-10,12H2,1-3H3/p+1. The first-order valence-corrected chi connectivity index (χ1v) is 8.20. The van der Waals surface area contributed by atoms with Gasteiger partial charge >= 0.3 is 0 Å². The molecule has 2 aromatic rings. The van der Waals surface area contributed by atoms with Gasteiger partial charge in [0.1, 0.15) is 6.33 Å². The van der Waals surface area contributed by atoms with E-state index in [0.29, 0.717) is 0 Å². The lowest BCUT2D eigenvalue weighted by atomic mass is 10.1. The molecule has 0 radical (unpaired) electrons. The fraction of sp³-hybridized carbons (Fsp3) is 0.500. The number of nitrogens with zero attached hydrogens (tertiary/aromatic N) is 4. The number of quaternary nitrogens is 1. The van der Waals surface area contributed by atoms with Crippen LogP contribution in [0.15, 0.2) is 24.5 Å². The number of aromatic nitrogens is 3. The number of anilines is 1. The van der Waals surface area contributed by atoms with Crippen LogP contribution in [0.2, 0.25) is 0 Å². The van der Waals surface area contributed by atoms with Crippen molar-refractivity contribution in [2.75, 3.05) is 31.1 Å². The molecule has 1 N–H and O–H groups in total. The number of hydrogen-bond donors (Lipinski definition) is 1. The van der Waals surface area contributed by atoms with Crippen LogP contribution in [0.3, 0.4) is 0 Å². The molecule has 118 valence electrons. The van der Waals surface area contributed by atoms with Gasteiger partial charge in [-0.25, -0.2) is 0 Å². The third kappa shape index (κ3) is 2.94. The zero-order valence-corrected chi connectivity index (χ0v) is 14.4. The number of rotatable bonds is 3. The van der Waals surface area contributed by atoms with Gasteiger partial charge in [-0.15, -0.1) is 0 Å². The molecule has 1 aliphatic rings. The molecule has 6 heteroatoms. The van der Waals surface area contributed by atoms with Crippen LogP contribution >= 0.6 is 12.2 Å². The van der Waals surface area contributed by atoms with Crippen molar-refractivity contribution in [3.63, 3.8) is 0 Å². The molecule has 1 aromatic heterocycles. The minimum Gasteiger partial charge on any atom is -0.360 e. The smallest absolute Gasteiger partial charge is 0.202 e. The van der Waals surface area contributed by atoms with Crippen LogP contribution < -0.4 is 9.80 Å². The van der Waals surface area contributed by atoms with E-state index in [4.69, 9.17) is 12.2 Å². The summed E-state index contributed by atoms with van der Waals surface area (Å²) in [5.74, 6) is 0. The van der Waals surface area contributed by atoms with Gasteiger partial charge in [0.05, 0.1) is 26.2 Å². The van der Waals surface area contributed by atoms with Crippen molar-refractivity contribution in [2.24, 2.45) is 7.05 Å². The van der Waals surface area contributed by atoms with Crippen molar-refractivity contribution in [1.82, 2.24) is 14.3 Å². The Morgan fingerprint density at radius 2 is 1.95 bits per heavy atom. The average Bonchev–Trinajstić information content (AvgIpc) is 2.83. The molecule has 1 fully saturated rings. The second-order valence-electron chi connectivity index (χ2n) is 6.14. The Hall–Kier alpha value is -1.66. The summed E-state index contributed by atoms with van der Waals surface area (Å²) in [6, 6.07) is 6.58. The summed E-state index contributed by atoms with van der Waals surface area (Å²) in [4.78, 5) is 4.04. The molecule has 1 aromatic carbocycles. The Bertz CT molecular complexity index is 710. The van der Waals surface area contributed by atoms with Gasteiger partial charge in [-0.3, -0.25) is 0 Å². The molecular formula is C16H24N5S+. The maximum Gasteiger partial charge on any atom is 0.202 e. The Balaban J connectivity index is 1.64. The lowest BCUT2D eigenvalue weighted by Crippen LogP contribution is -3.14. The van der Waals surface area contributed by atoms with Crippen LogP contribution in [0.1, 0.15) is 11.1 Å².